The Labute approximate surface area is 210 Å². The van der Waals surface area contributed by atoms with Crippen LogP contribution in [0, 0.1) is 0 Å². The van der Waals surface area contributed by atoms with Crippen LogP contribution in [0.1, 0.15) is 85.9 Å². The van der Waals surface area contributed by atoms with Crippen molar-refractivity contribution < 1.29 is 9.59 Å². The van der Waals surface area contributed by atoms with E-state index >= 15 is 0 Å². The van der Waals surface area contributed by atoms with E-state index in [2.05, 4.69) is 24.5 Å². The number of carbonyl (C=O) groups excluding carboxylic acids is 2. The van der Waals surface area contributed by atoms with Crippen LogP contribution >= 0.6 is 46.4 Å². The Morgan fingerprint density at radius 1 is 0.688 bits per heavy atom. The number of nitrogens with one attached hydrogen (secondary N) is 2. The van der Waals surface area contributed by atoms with Crippen molar-refractivity contribution in [3.63, 3.8) is 0 Å². The van der Waals surface area contributed by atoms with Crippen LogP contribution in [0.15, 0.2) is 36.4 Å². The van der Waals surface area contributed by atoms with Gasteiger partial charge in [0, 0.05) is 11.1 Å². The lowest BCUT2D eigenvalue weighted by molar-refractivity contribution is 0.0932. The third-order valence-electron chi connectivity index (χ3n) is 5.15. The third kappa shape index (κ3) is 8.62. The topological polar surface area (TPSA) is 58.2 Å². The minimum absolute atomic E-state index is 0.351. The zero-order valence-electron chi connectivity index (χ0n) is 18.4. The Morgan fingerprint density at radius 2 is 1.06 bits per heavy atom. The summed E-state index contributed by atoms with van der Waals surface area (Å²) in [5, 5.41) is 6.95. The fourth-order valence-electron chi connectivity index (χ4n) is 3.32. The van der Waals surface area contributed by atoms with E-state index in [4.69, 9.17) is 46.4 Å². The van der Waals surface area contributed by atoms with Crippen LogP contribution < -0.4 is 10.6 Å². The van der Waals surface area contributed by atoms with Crippen LogP contribution in [0.3, 0.4) is 0 Å². The summed E-state index contributed by atoms with van der Waals surface area (Å²) in [6.45, 7) is 4.17. The number of hydrogen-bond donors (Lipinski definition) is 2. The maximum absolute atomic E-state index is 12.6. The first-order valence-corrected chi connectivity index (χ1v) is 12.5. The molecule has 0 atom stereocenters. The average molecular weight is 520 g/mol. The zero-order valence-corrected chi connectivity index (χ0v) is 21.5. The SMILES string of the molecule is CCCCCC(Cl)(Cl)NC(=O)c1ccc2cc(C(=O)NC(Cl)(Cl)CCCCC)ccc2c1. The van der Waals surface area contributed by atoms with Crippen LogP contribution in [-0.2, 0) is 0 Å². The van der Waals surface area contributed by atoms with E-state index in [1.165, 1.54) is 0 Å². The molecule has 0 heterocycles. The van der Waals surface area contributed by atoms with E-state index < -0.39 is 8.91 Å². The monoisotopic (exact) mass is 518 g/mol. The van der Waals surface area contributed by atoms with Crippen LogP contribution in [0.25, 0.3) is 10.8 Å². The highest BCUT2D eigenvalue weighted by Crippen LogP contribution is 2.27. The number of rotatable bonds is 12. The van der Waals surface area contributed by atoms with Gasteiger partial charge < -0.3 is 10.6 Å². The molecule has 0 fully saturated rings. The van der Waals surface area contributed by atoms with E-state index in [0.29, 0.717) is 24.0 Å². The molecule has 8 heteroatoms. The van der Waals surface area contributed by atoms with Gasteiger partial charge in [0.25, 0.3) is 11.8 Å². The van der Waals surface area contributed by atoms with Crippen molar-refractivity contribution in [2.24, 2.45) is 0 Å². The second kappa shape index (κ2) is 12.3. The van der Waals surface area contributed by atoms with Crippen molar-refractivity contribution in [1.82, 2.24) is 10.6 Å². The van der Waals surface area contributed by atoms with Crippen LogP contribution in [0.2, 0.25) is 0 Å². The lowest BCUT2D eigenvalue weighted by Gasteiger charge is -2.21. The zero-order chi connectivity index (χ0) is 23.8. The first-order valence-electron chi connectivity index (χ1n) is 11.0. The molecule has 2 amide bonds. The molecular weight excluding hydrogens is 490 g/mol. The summed E-state index contributed by atoms with van der Waals surface area (Å²) < 4.78 is -2.62. The summed E-state index contributed by atoms with van der Waals surface area (Å²) in [4.78, 5) is 25.2. The maximum Gasteiger partial charge on any atom is 0.253 e. The molecule has 2 N–H and O–H groups in total. The van der Waals surface area contributed by atoms with Crippen LogP contribution in [0.4, 0.5) is 0 Å². The molecule has 0 saturated heterocycles. The van der Waals surface area contributed by atoms with Gasteiger partial charge in [0.2, 0.25) is 0 Å². The van der Waals surface area contributed by atoms with Gasteiger partial charge in [-0.15, -0.1) is 0 Å². The number of hydrogen-bond acceptors (Lipinski definition) is 2. The number of alkyl halides is 4. The van der Waals surface area contributed by atoms with Gasteiger partial charge in [0.1, 0.15) is 0 Å². The minimum atomic E-state index is -1.31. The fourth-order valence-corrected chi connectivity index (χ4v) is 4.20. The van der Waals surface area contributed by atoms with E-state index in [1.54, 1.807) is 36.4 Å². The molecule has 0 aliphatic heterocycles. The van der Waals surface area contributed by atoms with Gasteiger partial charge in [-0.05, 0) is 60.7 Å². The number of benzene rings is 2. The van der Waals surface area contributed by atoms with Gasteiger partial charge in [-0.2, -0.15) is 0 Å². The number of fused-ring (bicyclic) bond motifs is 1. The van der Waals surface area contributed by atoms with Crippen molar-refractivity contribution in [2.45, 2.75) is 74.1 Å². The lowest BCUT2D eigenvalue weighted by atomic mass is 10.0. The highest BCUT2D eigenvalue weighted by atomic mass is 35.5. The molecule has 0 aromatic heterocycles. The van der Waals surface area contributed by atoms with Gasteiger partial charge in [0.05, 0.1) is 0 Å². The Bertz CT molecular complexity index is 856. The van der Waals surface area contributed by atoms with E-state index in [1.807, 2.05) is 0 Å². The molecular formula is C24H30Cl4N2O2. The predicted molar refractivity (Wildman–Crippen MR) is 136 cm³/mol. The Kier molecular flexibility index (Phi) is 10.4. The summed E-state index contributed by atoms with van der Waals surface area (Å²) in [5.41, 5.74) is 0.875. The number of unbranched alkanes of at least 4 members (excludes halogenated alkanes) is 4. The second-order valence-electron chi connectivity index (χ2n) is 8.01. The second-order valence-corrected chi connectivity index (χ2v) is 11.0. The molecule has 0 unspecified atom stereocenters. The van der Waals surface area contributed by atoms with E-state index in [-0.39, 0.29) is 11.8 Å². The molecule has 0 saturated carbocycles. The quantitative estimate of drug-likeness (QED) is 0.171. The minimum Gasteiger partial charge on any atom is -0.321 e. The van der Waals surface area contributed by atoms with Crippen molar-refractivity contribution in [3.05, 3.63) is 47.5 Å². The van der Waals surface area contributed by atoms with Crippen molar-refractivity contribution in [1.29, 1.82) is 0 Å². The first-order chi connectivity index (χ1) is 15.1. The molecule has 0 spiro atoms. The molecule has 0 aliphatic carbocycles. The van der Waals surface area contributed by atoms with E-state index in [9.17, 15) is 9.59 Å². The third-order valence-corrected chi connectivity index (χ3v) is 6.28. The Balaban J connectivity index is 2.08. The van der Waals surface area contributed by atoms with Crippen LogP contribution in [-0.4, -0.2) is 20.7 Å². The smallest absolute Gasteiger partial charge is 0.253 e. The van der Waals surface area contributed by atoms with Gasteiger partial charge in [-0.3, -0.25) is 9.59 Å². The maximum atomic E-state index is 12.6. The van der Waals surface area contributed by atoms with Crippen molar-refractivity contribution >= 4 is 69.0 Å². The van der Waals surface area contributed by atoms with Crippen molar-refractivity contribution in [2.75, 3.05) is 0 Å². The Morgan fingerprint density at radius 3 is 1.41 bits per heavy atom. The van der Waals surface area contributed by atoms with Gasteiger partial charge >= 0.3 is 0 Å². The van der Waals surface area contributed by atoms with Gasteiger partial charge in [-0.25, -0.2) is 0 Å². The number of amides is 2. The molecule has 0 aliphatic rings. The summed E-state index contributed by atoms with van der Waals surface area (Å²) in [7, 11) is 0. The lowest BCUT2D eigenvalue weighted by Crippen LogP contribution is -2.39. The normalized spacial score (nSPS) is 12.1. The molecule has 2 aromatic rings. The largest absolute Gasteiger partial charge is 0.321 e. The molecule has 4 nitrogen and oxygen atoms in total. The average Bonchev–Trinajstić information content (AvgIpc) is 2.72. The molecule has 0 bridgehead atoms. The van der Waals surface area contributed by atoms with Crippen molar-refractivity contribution in [3.8, 4) is 0 Å². The number of halogens is 4. The predicted octanol–water partition coefficient (Wildman–Crippen LogP) is 7.72. The summed E-state index contributed by atoms with van der Waals surface area (Å²) in [6, 6.07) is 10.4. The van der Waals surface area contributed by atoms with Gasteiger partial charge in [0.15, 0.2) is 8.91 Å². The molecule has 2 rings (SSSR count). The summed E-state index contributed by atoms with van der Waals surface area (Å²) in [5.74, 6) is -0.701. The summed E-state index contributed by atoms with van der Waals surface area (Å²) >= 11 is 25.0. The standard InChI is InChI=1S/C24H30Cl4N2O2/c1-3-5-7-13-23(25,26)29-21(31)19-11-9-18-16-20(12-10-17(18)15-19)22(32)30-24(27,28)14-8-6-4-2/h9-12,15-16H,3-8,13-14H2,1-2H3,(H,29,31)(H,30,32). The molecule has 2 aromatic carbocycles. The van der Waals surface area contributed by atoms with Crippen LogP contribution in [0.5, 0.6) is 0 Å². The highest BCUT2D eigenvalue weighted by molar-refractivity contribution is 6.49. The summed E-state index contributed by atoms with van der Waals surface area (Å²) in [6.07, 6.45) is 6.68. The molecule has 176 valence electrons. The Hall–Kier alpha value is -1.20. The first kappa shape index (κ1) is 27.0. The molecule has 32 heavy (non-hydrogen) atoms. The number of carbonyl (C=O) groups is 2. The highest BCUT2D eigenvalue weighted by Gasteiger charge is 2.27. The van der Waals surface area contributed by atoms with E-state index in [0.717, 1.165) is 49.3 Å². The fraction of sp³-hybridized carbons (Fsp3) is 0.500. The molecule has 0 radical (unpaired) electrons. The van der Waals surface area contributed by atoms with Gasteiger partial charge in [-0.1, -0.05) is 98.1 Å².